The Bertz CT molecular complexity index is 1020. The number of phenols is 1. The summed E-state index contributed by atoms with van der Waals surface area (Å²) < 4.78 is 11.4. The Hall–Kier alpha value is -2.87. The lowest BCUT2D eigenvalue weighted by atomic mass is 10.1. The molecule has 5 nitrogen and oxygen atoms in total. The summed E-state index contributed by atoms with van der Waals surface area (Å²) in [6.07, 6.45) is 3.03. The fourth-order valence-electron chi connectivity index (χ4n) is 2.43. The van der Waals surface area contributed by atoms with Crippen molar-refractivity contribution in [2.45, 2.75) is 0 Å². The quantitative estimate of drug-likeness (QED) is 0.246. The minimum atomic E-state index is -0.635. The Morgan fingerprint density at radius 2 is 1.81 bits per heavy atom. The number of methoxy groups -OCH3 is 1. The molecule has 1 aromatic heterocycles. The van der Waals surface area contributed by atoms with Gasteiger partial charge in [0.25, 0.3) is 0 Å². The lowest BCUT2D eigenvalue weighted by molar-refractivity contribution is 0.0597. The largest absolute Gasteiger partial charge is 0.507 e. The zero-order valence-corrected chi connectivity index (χ0v) is 16.5. The second-order valence-electron chi connectivity index (χ2n) is 5.63. The summed E-state index contributed by atoms with van der Waals surface area (Å²) >= 11 is 2.18. The molecule has 1 N–H and O–H groups in total. The van der Waals surface area contributed by atoms with Gasteiger partial charge in [-0.05, 0) is 77.2 Å². The lowest BCUT2D eigenvalue weighted by Crippen LogP contribution is -2.01. The van der Waals surface area contributed by atoms with Gasteiger partial charge in [0.1, 0.15) is 22.8 Å². The number of allylic oxidation sites excluding steroid dienone is 1. The van der Waals surface area contributed by atoms with Crippen LogP contribution in [0.5, 0.6) is 5.75 Å². The molecule has 0 radical (unpaired) electrons. The van der Waals surface area contributed by atoms with Gasteiger partial charge in [-0.3, -0.25) is 4.79 Å². The van der Waals surface area contributed by atoms with Crippen LogP contribution < -0.4 is 0 Å². The maximum Gasteiger partial charge on any atom is 0.341 e. The molecule has 0 saturated heterocycles. The highest BCUT2D eigenvalue weighted by Gasteiger charge is 2.14. The number of carbonyl (C=O) groups excluding carboxylic acids is 2. The molecule has 136 valence electrons. The predicted octanol–water partition coefficient (Wildman–Crippen LogP) is 4.94. The number of aromatic hydroxyl groups is 1. The first-order chi connectivity index (χ1) is 13.0. The summed E-state index contributed by atoms with van der Waals surface area (Å²) in [5.41, 5.74) is 1.26. The zero-order valence-electron chi connectivity index (χ0n) is 14.3. The van der Waals surface area contributed by atoms with Crippen LogP contribution in [0.25, 0.3) is 17.4 Å². The molecule has 27 heavy (non-hydrogen) atoms. The average Bonchev–Trinajstić information content (AvgIpc) is 3.15. The van der Waals surface area contributed by atoms with Crippen molar-refractivity contribution in [1.82, 2.24) is 0 Å². The maximum atomic E-state index is 12.2. The summed E-state index contributed by atoms with van der Waals surface area (Å²) in [4.78, 5) is 23.9. The SMILES string of the molecule is COC(=O)c1cc(-c2ccc(/C=C/C(=O)c3ccc(I)cc3)o2)ccc1O. The van der Waals surface area contributed by atoms with Gasteiger partial charge in [0.05, 0.1) is 7.11 Å². The van der Waals surface area contributed by atoms with Crippen LogP contribution in [0.2, 0.25) is 0 Å². The molecule has 0 aliphatic rings. The molecule has 0 amide bonds. The van der Waals surface area contributed by atoms with Crippen LogP contribution in [0.4, 0.5) is 0 Å². The third-order valence-electron chi connectivity index (χ3n) is 3.84. The molecule has 6 heteroatoms. The standard InChI is InChI=1S/C21H15IO5/c1-26-21(25)17-12-14(4-9-19(17)24)20-11-8-16(27-20)7-10-18(23)13-2-5-15(22)6-3-13/h2-12,24H,1H3/b10-7+. The van der Waals surface area contributed by atoms with Crippen LogP contribution in [0, 0.1) is 3.57 Å². The third kappa shape index (κ3) is 4.46. The Balaban J connectivity index is 1.80. The van der Waals surface area contributed by atoms with Crippen LogP contribution in [0.3, 0.4) is 0 Å². The maximum absolute atomic E-state index is 12.2. The molecule has 0 bridgehead atoms. The van der Waals surface area contributed by atoms with E-state index in [-0.39, 0.29) is 17.1 Å². The van der Waals surface area contributed by atoms with Crippen LogP contribution in [-0.2, 0) is 4.74 Å². The molecular formula is C21H15IO5. The summed E-state index contributed by atoms with van der Waals surface area (Å²) in [6.45, 7) is 0. The third-order valence-corrected chi connectivity index (χ3v) is 4.56. The van der Waals surface area contributed by atoms with E-state index in [4.69, 9.17) is 4.42 Å². The number of ether oxygens (including phenoxy) is 1. The highest BCUT2D eigenvalue weighted by molar-refractivity contribution is 14.1. The van der Waals surface area contributed by atoms with E-state index in [9.17, 15) is 14.7 Å². The van der Waals surface area contributed by atoms with Crippen LogP contribution in [0.1, 0.15) is 26.5 Å². The number of benzene rings is 2. The molecule has 0 saturated carbocycles. The number of hydrogen-bond acceptors (Lipinski definition) is 5. The summed E-state index contributed by atoms with van der Waals surface area (Å²) in [5.74, 6) is 0.0737. The number of ketones is 1. The van der Waals surface area contributed by atoms with E-state index in [0.29, 0.717) is 22.6 Å². The molecule has 0 unspecified atom stereocenters. The molecule has 2 aromatic carbocycles. The first-order valence-corrected chi connectivity index (χ1v) is 9.05. The van der Waals surface area contributed by atoms with Crippen LogP contribution >= 0.6 is 22.6 Å². The van der Waals surface area contributed by atoms with Crippen molar-refractivity contribution in [3.05, 3.63) is 81.1 Å². The molecule has 0 atom stereocenters. The number of phenolic OH excluding ortho intramolecular Hbond substituents is 1. The molecule has 0 spiro atoms. The number of furan rings is 1. The van der Waals surface area contributed by atoms with Crippen molar-refractivity contribution < 1.29 is 23.8 Å². The van der Waals surface area contributed by atoms with Crippen molar-refractivity contribution in [2.24, 2.45) is 0 Å². The van der Waals surface area contributed by atoms with E-state index in [1.807, 2.05) is 12.1 Å². The van der Waals surface area contributed by atoms with Gasteiger partial charge in [-0.15, -0.1) is 0 Å². The van der Waals surface area contributed by atoms with Gasteiger partial charge < -0.3 is 14.3 Å². The molecule has 3 rings (SSSR count). The first-order valence-electron chi connectivity index (χ1n) is 7.97. The normalized spacial score (nSPS) is 10.9. The van der Waals surface area contributed by atoms with Gasteiger partial charge in [-0.25, -0.2) is 4.79 Å². The van der Waals surface area contributed by atoms with Crippen molar-refractivity contribution in [1.29, 1.82) is 0 Å². The topological polar surface area (TPSA) is 76.7 Å². The lowest BCUT2D eigenvalue weighted by Gasteiger charge is -2.04. The second-order valence-corrected chi connectivity index (χ2v) is 6.88. The molecule has 3 aromatic rings. The van der Waals surface area contributed by atoms with Crippen LogP contribution in [-0.4, -0.2) is 24.0 Å². The minimum Gasteiger partial charge on any atom is -0.507 e. The van der Waals surface area contributed by atoms with Gasteiger partial charge in [-0.2, -0.15) is 0 Å². The highest BCUT2D eigenvalue weighted by atomic mass is 127. The monoisotopic (exact) mass is 474 g/mol. The number of carbonyl (C=O) groups is 2. The Morgan fingerprint density at radius 1 is 1.07 bits per heavy atom. The van der Waals surface area contributed by atoms with E-state index in [1.54, 1.807) is 36.4 Å². The zero-order chi connectivity index (χ0) is 19.4. The Kier molecular flexibility index (Phi) is 5.75. The average molecular weight is 474 g/mol. The number of esters is 1. The second kappa shape index (κ2) is 8.22. The van der Waals surface area contributed by atoms with Crippen molar-refractivity contribution in [2.75, 3.05) is 7.11 Å². The summed E-state index contributed by atoms with van der Waals surface area (Å²) in [5, 5.41) is 9.78. The van der Waals surface area contributed by atoms with E-state index in [2.05, 4.69) is 27.3 Å². The van der Waals surface area contributed by atoms with Crippen molar-refractivity contribution in [3.8, 4) is 17.1 Å². The molecule has 0 aliphatic heterocycles. The van der Waals surface area contributed by atoms with Gasteiger partial charge in [0.15, 0.2) is 5.78 Å². The van der Waals surface area contributed by atoms with Gasteiger partial charge >= 0.3 is 5.97 Å². The van der Waals surface area contributed by atoms with E-state index >= 15 is 0 Å². The summed E-state index contributed by atoms with van der Waals surface area (Å²) in [7, 11) is 1.24. The first kappa shape index (κ1) is 18.9. The van der Waals surface area contributed by atoms with Gasteiger partial charge in [-0.1, -0.05) is 12.1 Å². The number of rotatable bonds is 5. The van der Waals surface area contributed by atoms with E-state index in [0.717, 1.165) is 3.57 Å². The molecular weight excluding hydrogens is 459 g/mol. The van der Waals surface area contributed by atoms with Gasteiger partial charge in [0.2, 0.25) is 0 Å². The van der Waals surface area contributed by atoms with Gasteiger partial charge in [0, 0.05) is 14.7 Å². The predicted molar refractivity (Wildman–Crippen MR) is 110 cm³/mol. The van der Waals surface area contributed by atoms with Crippen molar-refractivity contribution in [3.63, 3.8) is 0 Å². The van der Waals surface area contributed by atoms with Crippen molar-refractivity contribution >= 4 is 40.4 Å². The Labute approximate surface area is 169 Å². The smallest absolute Gasteiger partial charge is 0.341 e. The fraction of sp³-hybridized carbons (Fsp3) is 0.0476. The van der Waals surface area contributed by atoms with E-state index in [1.165, 1.54) is 25.3 Å². The molecule has 0 fully saturated rings. The molecule has 0 aliphatic carbocycles. The summed E-state index contributed by atoms with van der Waals surface area (Å²) in [6, 6.07) is 15.3. The fourth-order valence-corrected chi connectivity index (χ4v) is 2.79. The Morgan fingerprint density at radius 3 is 2.52 bits per heavy atom. The van der Waals surface area contributed by atoms with E-state index < -0.39 is 5.97 Å². The minimum absolute atomic E-state index is 0.0531. The highest BCUT2D eigenvalue weighted by Crippen LogP contribution is 2.28. The number of hydrogen-bond donors (Lipinski definition) is 1. The van der Waals surface area contributed by atoms with Crippen LogP contribution in [0.15, 0.2) is 65.1 Å². The molecule has 1 heterocycles. The number of halogens is 1.